The molecule has 2 heterocycles. The Hall–Kier alpha value is -8.92. The third-order valence-electron chi connectivity index (χ3n) is 22.3. The van der Waals surface area contributed by atoms with E-state index in [-0.39, 0.29) is 27.1 Å². The Morgan fingerprint density at radius 1 is 0.329 bits per heavy atom. The molecule has 2 atom stereocenters. The molecule has 0 amide bonds. The average molecular weight is 1100 g/mol. The highest BCUT2D eigenvalue weighted by molar-refractivity contribution is 6.14. The highest BCUT2D eigenvalue weighted by Crippen LogP contribution is 2.65. The van der Waals surface area contributed by atoms with Crippen molar-refractivity contribution in [2.24, 2.45) is 11.8 Å². The molecule has 10 aromatic carbocycles. The van der Waals surface area contributed by atoms with Gasteiger partial charge in [-0.05, 0) is 191 Å². The van der Waals surface area contributed by atoms with E-state index in [1.54, 1.807) is 5.57 Å². The van der Waals surface area contributed by atoms with Crippen molar-refractivity contribution < 1.29 is 0 Å². The van der Waals surface area contributed by atoms with E-state index in [0.717, 1.165) is 12.1 Å². The van der Waals surface area contributed by atoms with Crippen LogP contribution in [0.4, 0.5) is 28.4 Å². The van der Waals surface area contributed by atoms with Crippen molar-refractivity contribution in [3.8, 4) is 39.1 Å². The van der Waals surface area contributed by atoms with Crippen LogP contribution in [0.25, 0.3) is 66.4 Å². The monoisotopic (exact) mass is 1100 g/mol. The van der Waals surface area contributed by atoms with Crippen molar-refractivity contribution in [3.63, 3.8) is 0 Å². The summed E-state index contributed by atoms with van der Waals surface area (Å²) in [5.74, 6) is 0.899. The third kappa shape index (κ3) is 6.31. The van der Waals surface area contributed by atoms with Gasteiger partial charge in [-0.1, -0.05) is 203 Å². The van der Waals surface area contributed by atoms with Crippen LogP contribution in [0.2, 0.25) is 0 Å². The Kier molecular flexibility index (Phi) is 9.48. The highest BCUT2D eigenvalue weighted by Gasteiger charge is 2.54. The van der Waals surface area contributed by atoms with E-state index in [2.05, 4.69) is 296 Å². The number of fused-ring (bicyclic) bond motifs is 18. The molecule has 1 fully saturated rings. The van der Waals surface area contributed by atoms with E-state index in [1.165, 1.54) is 151 Å². The predicted molar refractivity (Wildman–Crippen MR) is 355 cm³/mol. The van der Waals surface area contributed by atoms with E-state index in [9.17, 15) is 0 Å². The summed E-state index contributed by atoms with van der Waals surface area (Å²) < 4.78 is 2.61. The van der Waals surface area contributed by atoms with E-state index < -0.39 is 0 Å². The Balaban J connectivity index is 0.895. The van der Waals surface area contributed by atoms with Crippen LogP contribution < -0.4 is 9.80 Å². The van der Waals surface area contributed by atoms with Gasteiger partial charge in [0, 0.05) is 77.9 Å². The third-order valence-corrected chi connectivity index (χ3v) is 22.3. The van der Waals surface area contributed by atoms with Gasteiger partial charge in [0.2, 0.25) is 0 Å². The lowest BCUT2D eigenvalue weighted by Crippen LogP contribution is -2.26. The number of aromatic nitrogens is 1. The second-order valence-corrected chi connectivity index (χ2v) is 28.5. The lowest BCUT2D eigenvalue weighted by atomic mass is 9.74. The van der Waals surface area contributed by atoms with Gasteiger partial charge in [0.1, 0.15) is 0 Å². The van der Waals surface area contributed by atoms with Crippen molar-refractivity contribution in [3.05, 3.63) is 279 Å². The quantitative estimate of drug-likeness (QED) is 0.164. The van der Waals surface area contributed by atoms with Crippen molar-refractivity contribution in [1.29, 1.82) is 0 Å². The minimum atomic E-state index is -0.321. The summed E-state index contributed by atoms with van der Waals surface area (Å²) in [4.78, 5) is 5.29. The molecule has 3 heteroatoms. The second-order valence-electron chi connectivity index (χ2n) is 28.5. The first-order valence-corrected chi connectivity index (χ1v) is 31.1. The molecular formula is C82H69N3. The summed E-state index contributed by atoms with van der Waals surface area (Å²) in [6, 6.07) is 80.2. The fourth-order valence-corrected chi connectivity index (χ4v) is 17.7. The molecule has 7 aliphatic rings. The van der Waals surface area contributed by atoms with E-state index >= 15 is 0 Å². The maximum Gasteiger partial charge on any atom is 0.0583 e. The van der Waals surface area contributed by atoms with Gasteiger partial charge in [0.25, 0.3) is 0 Å². The Labute approximate surface area is 500 Å². The van der Waals surface area contributed by atoms with E-state index in [1.807, 2.05) is 0 Å². The van der Waals surface area contributed by atoms with Gasteiger partial charge in [-0.3, -0.25) is 0 Å². The largest absolute Gasteiger partial charge is 0.314 e. The number of nitrogens with zero attached hydrogens (tertiary/aromatic N) is 3. The van der Waals surface area contributed by atoms with Gasteiger partial charge in [-0.2, -0.15) is 0 Å². The average Bonchev–Trinajstić information content (AvgIpc) is 1.61. The number of rotatable bonds is 6. The van der Waals surface area contributed by atoms with Crippen LogP contribution in [0.3, 0.4) is 0 Å². The molecule has 85 heavy (non-hydrogen) atoms. The molecule has 1 aromatic heterocycles. The molecule has 2 unspecified atom stereocenters. The number of anilines is 5. The summed E-state index contributed by atoms with van der Waals surface area (Å²) in [5.41, 5.74) is 35.2. The van der Waals surface area contributed by atoms with Crippen LogP contribution in [0.5, 0.6) is 0 Å². The van der Waals surface area contributed by atoms with Crippen LogP contribution >= 0.6 is 0 Å². The zero-order valence-corrected chi connectivity index (χ0v) is 50.4. The summed E-state index contributed by atoms with van der Waals surface area (Å²) in [6.07, 6.45) is 3.79. The zero-order chi connectivity index (χ0) is 57.6. The maximum atomic E-state index is 2.69. The van der Waals surface area contributed by atoms with Gasteiger partial charge in [-0.15, -0.1) is 0 Å². The smallest absolute Gasteiger partial charge is 0.0583 e. The lowest BCUT2D eigenvalue weighted by molar-refractivity contribution is 0.630. The van der Waals surface area contributed by atoms with Crippen LogP contribution in [0.15, 0.2) is 224 Å². The van der Waals surface area contributed by atoms with Gasteiger partial charge in [0.15, 0.2) is 0 Å². The van der Waals surface area contributed by atoms with Crippen molar-refractivity contribution in [2.75, 3.05) is 9.80 Å². The van der Waals surface area contributed by atoms with Gasteiger partial charge in [0.05, 0.1) is 16.7 Å². The van der Waals surface area contributed by atoms with Crippen LogP contribution in [0.1, 0.15) is 131 Å². The highest BCUT2D eigenvalue weighted by atomic mass is 15.2. The van der Waals surface area contributed by atoms with E-state index in [4.69, 9.17) is 0 Å². The minimum Gasteiger partial charge on any atom is -0.314 e. The summed E-state index contributed by atoms with van der Waals surface area (Å²) in [7, 11) is 0. The zero-order valence-electron chi connectivity index (χ0n) is 50.4. The van der Waals surface area contributed by atoms with Gasteiger partial charge in [-0.25, -0.2) is 0 Å². The fraction of sp³-hybridized carbons (Fsp3) is 0.220. The lowest BCUT2D eigenvalue weighted by Gasteiger charge is -2.36. The number of hydrogen-bond donors (Lipinski definition) is 0. The number of para-hydroxylation sites is 1. The van der Waals surface area contributed by atoms with Crippen molar-refractivity contribution in [1.82, 2.24) is 4.57 Å². The summed E-state index contributed by atoms with van der Waals surface area (Å²) in [5, 5.41) is 2.53. The minimum absolute atomic E-state index is 0.111. The molecular weight excluding hydrogens is 1030 g/mol. The molecule has 0 radical (unpaired) electrons. The molecule has 1 saturated carbocycles. The molecule has 412 valence electrons. The maximum absolute atomic E-state index is 2.69. The Bertz CT molecular complexity index is 4820. The van der Waals surface area contributed by atoms with Gasteiger partial charge >= 0.3 is 0 Å². The number of hydrogen-bond acceptors (Lipinski definition) is 2. The Morgan fingerprint density at radius 3 is 1.27 bits per heavy atom. The summed E-state index contributed by atoms with van der Waals surface area (Å²) in [6.45, 7) is 24.3. The van der Waals surface area contributed by atoms with Crippen LogP contribution in [-0.4, -0.2) is 4.57 Å². The Morgan fingerprint density at radius 2 is 0.729 bits per heavy atom. The molecule has 0 N–H and O–H groups in total. The number of allylic oxidation sites excluding steroid dienone is 4. The van der Waals surface area contributed by atoms with Crippen LogP contribution in [0, 0.1) is 11.8 Å². The van der Waals surface area contributed by atoms with Crippen molar-refractivity contribution >= 4 is 55.8 Å². The van der Waals surface area contributed by atoms with Crippen LogP contribution in [-0.2, 0) is 27.1 Å². The first-order valence-electron chi connectivity index (χ1n) is 31.1. The first kappa shape index (κ1) is 49.5. The second kappa shape index (κ2) is 16.3. The molecule has 1 aliphatic heterocycles. The first-order chi connectivity index (χ1) is 40.9. The predicted octanol–water partition coefficient (Wildman–Crippen LogP) is 21.2. The van der Waals surface area contributed by atoms with E-state index in [0.29, 0.717) is 11.8 Å². The molecule has 0 bridgehead atoms. The molecule has 18 rings (SSSR count). The molecule has 11 aromatic rings. The van der Waals surface area contributed by atoms with Gasteiger partial charge < -0.3 is 14.4 Å². The number of benzene rings is 10. The fourth-order valence-electron chi connectivity index (χ4n) is 17.7. The topological polar surface area (TPSA) is 11.4 Å². The normalized spacial score (nSPS) is 19.6. The standard InChI is InChI=1S/C82H69N3/c1-78(2)63-25-15-11-21-52(63)55-35-31-48(41-68(55)78)83(49-32-36-56-53-22-12-16-26-64(53)79(3,4)69(56)42-49)51-40-62-59-39-47(34-38-73(59)85-74-30-20-19-29-67(74)82(9,10)72(44-51)77(62)85)84(50-33-37-57-54-23-13-17-27-65(54)80(5,6)70(57)43-50)75-46-71-76(61-45-60(61)75)58-24-14-18-28-66(58)81(71,7)8/h11-44,46,60-61H,45H2,1-10H3. The summed E-state index contributed by atoms with van der Waals surface area (Å²) >= 11 is 0. The molecule has 6 aliphatic carbocycles. The molecule has 0 spiro atoms. The molecule has 0 saturated heterocycles. The molecule has 3 nitrogen and oxygen atoms in total. The van der Waals surface area contributed by atoms with Crippen molar-refractivity contribution in [2.45, 2.75) is 103 Å². The SMILES string of the molecule is CC1(C)C2=C(c3ccccc31)C1CC1C(N(c1ccc3c(c1)C(C)(C)c1ccccc1-3)c1ccc3c(c1)c1cc(N(c4ccc5c(c4)C(C)(C)c4ccccc4-5)c4ccc5c(c4)C(C)(C)c4ccccc4-5)cc4c1n3-c1ccccc1C4(C)C)=C2.